The number of phenolic OH excluding ortho intramolecular Hbond substituents is 2. The Morgan fingerprint density at radius 1 is 1.06 bits per heavy atom. The molecular formula is C43H47N3O7. The van der Waals surface area contributed by atoms with Gasteiger partial charge < -0.3 is 44.7 Å². The molecule has 1 unspecified atom stereocenters. The third kappa shape index (κ3) is 6.80. The third-order valence-corrected chi connectivity index (χ3v) is 11.2. The molecule has 0 spiro atoms. The van der Waals surface area contributed by atoms with Crippen LogP contribution in [0.3, 0.4) is 0 Å². The molecule has 1 saturated carbocycles. The topological polar surface area (TPSA) is 139 Å². The van der Waals surface area contributed by atoms with Gasteiger partial charge in [-0.2, -0.15) is 0 Å². The number of nitrogens with zero attached hydrogens (tertiary/aromatic N) is 2. The highest BCUT2D eigenvalue weighted by molar-refractivity contribution is 6.05. The lowest BCUT2D eigenvalue weighted by Crippen LogP contribution is -2.50. The Labute approximate surface area is 310 Å². The minimum Gasteiger partial charge on any atom is -0.508 e. The number of fused-ring (bicyclic) bond motifs is 8. The first-order valence-corrected chi connectivity index (χ1v) is 18.8. The van der Waals surface area contributed by atoms with Gasteiger partial charge in [-0.15, -0.1) is 0 Å². The molecule has 0 amide bonds. The van der Waals surface area contributed by atoms with E-state index in [1.807, 2.05) is 6.07 Å². The van der Waals surface area contributed by atoms with E-state index in [0.29, 0.717) is 43.4 Å². The van der Waals surface area contributed by atoms with E-state index in [1.54, 1.807) is 24.3 Å². The molecule has 1 aromatic heterocycles. The zero-order valence-corrected chi connectivity index (χ0v) is 30.3. The first-order valence-electron chi connectivity index (χ1n) is 18.8. The fourth-order valence-corrected chi connectivity index (χ4v) is 8.35. The summed E-state index contributed by atoms with van der Waals surface area (Å²) in [6.45, 7) is 4.48. The largest absolute Gasteiger partial charge is 0.508 e. The minimum atomic E-state index is -0.806. The highest BCUT2D eigenvalue weighted by Crippen LogP contribution is 2.55. The predicted molar refractivity (Wildman–Crippen MR) is 203 cm³/mol. The molecule has 4 aromatic rings. The lowest BCUT2D eigenvalue weighted by atomic mass is 9.85. The number of piperazine rings is 1. The molecule has 3 atom stereocenters. The summed E-state index contributed by atoms with van der Waals surface area (Å²) < 4.78 is 19.0. The van der Waals surface area contributed by atoms with Crippen LogP contribution in [0.2, 0.25) is 0 Å². The Bertz CT molecular complexity index is 2070. The van der Waals surface area contributed by atoms with Crippen LogP contribution in [0.1, 0.15) is 85.4 Å². The summed E-state index contributed by atoms with van der Waals surface area (Å²) in [6, 6.07) is 17.1. The van der Waals surface area contributed by atoms with Gasteiger partial charge in [0.15, 0.2) is 17.1 Å². The van der Waals surface area contributed by atoms with Crippen molar-refractivity contribution in [1.29, 1.82) is 0 Å². The van der Waals surface area contributed by atoms with Gasteiger partial charge in [-0.25, -0.2) is 0 Å². The average Bonchev–Trinajstić information content (AvgIpc) is 3.80. The molecule has 1 aliphatic carbocycles. The van der Waals surface area contributed by atoms with Crippen molar-refractivity contribution in [3.63, 3.8) is 0 Å². The van der Waals surface area contributed by atoms with E-state index in [4.69, 9.17) is 19.2 Å². The van der Waals surface area contributed by atoms with Crippen molar-refractivity contribution in [3.05, 3.63) is 82.5 Å². The van der Waals surface area contributed by atoms with Crippen molar-refractivity contribution in [2.24, 2.45) is 0 Å². The Hall–Kier alpha value is -5.11. The standard InChI is InChI=1S/C43H46N3O7/c1-3-30-23-33-28-8-6-7-26(21-28)22-29(9-12-31-25-46(19-18-44-31)42(33)45-30)36-38(49)41(51-2)40(52-20-17-43(50)15-4-5-16-43)37-34(48)24-35(53-39(36)37)27-10-13-32(47)14-11-27/h6-8,10-11,13-14,21,23,29,31,35,44,47,50H,3-5,15-20,22,24-25H2,1-2H3,(H,48,49)/q-1/p+1/t29-,31+,35?/m1/s1. The number of aliphatic hydroxyl groups is 1. The van der Waals surface area contributed by atoms with Gasteiger partial charge >= 0.3 is 5.78 Å². The summed E-state index contributed by atoms with van der Waals surface area (Å²) in [5.41, 5.74) is 4.89. The number of hydrogen-bond acceptors (Lipinski definition) is 8. The highest BCUT2D eigenvalue weighted by atomic mass is 16.5. The molecule has 53 heavy (non-hydrogen) atoms. The number of anilines is 1. The second-order valence-corrected chi connectivity index (χ2v) is 14.7. The Kier molecular flexibility index (Phi) is 9.48. The van der Waals surface area contributed by atoms with Gasteiger partial charge in [0.2, 0.25) is 5.75 Å². The van der Waals surface area contributed by atoms with Crippen LogP contribution in [0.4, 0.5) is 5.82 Å². The number of nitrogens with one attached hydrogen (secondary N) is 1. The Balaban J connectivity index is 1.27. The van der Waals surface area contributed by atoms with Crippen molar-refractivity contribution >= 4 is 11.6 Å². The van der Waals surface area contributed by atoms with Gasteiger partial charge in [0.1, 0.15) is 24.0 Å². The molecule has 5 N–H and O–H groups in total. The van der Waals surface area contributed by atoms with Gasteiger partial charge in [-0.3, -0.25) is 4.79 Å². The molecule has 10 heteroatoms. The number of benzene rings is 3. The molecule has 3 aliphatic heterocycles. The van der Waals surface area contributed by atoms with Gasteiger partial charge in [0, 0.05) is 6.42 Å². The molecule has 276 valence electrons. The predicted octanol–water partition coefficient (Wildman–Crippen LogP) is 5.91. The van der Waals surface area contributed by atoms with E-state index >= 15 is 0 Å². The lowest BCUT2D eigenvalue weighted by Gasteiger charge is -2.40. The number of carbonyl (C=O) groups excluding carboxylic acids is 1. The molecule has 1 saturated heterocycles. The van der Waals surface area contributed by atoms with E-state index in [9.17, 15) is 20.1 Å². The summed E-state index contributed by atoms with van der Waals surface area (Å²) in [4.78, 5) is 19.2. The van der Waals surface area contributed by atoms with E-state index in [1.165, 1.54) is 7.11 Å². The van der Waals surface area contributed by atoms with Gasteiger partial charge in [0.05, 0.1) is 36.8 Å². The van der Waals surface area contributed by atoms with Crippen molar-refractivity contribution in [3.8, 4) is 51.7 Å². The number of rotatable bonds is 8. The van der Waals surface area contributed by atoms with Crippen LogP contribution >= 0.6 is 0 Å². The zero-order chi connectivity index (χ0) is 36.7. The quantitative estimate of drug-likeness (QED) is 0.130. The first kappa shape index (κ1) is 34.9. The summed E-state index contributed by atoms with van der Waals surface area (Å²) in [5, 5.41) is 36.9. The summed E-state index contributed by atoms with van der Waals surface area (Å²) in [5.74, 6) is 7.93. The number of phenols is 2. The summed E-state index contributed by atoms with van der Waals surface area (Å²) in [6.07, 6.45) is 4.55. The number of aryl methyl sites for hydroxylation is 1. The third-order valence-electron chi connectivity index (χ3n) is 11.2. The van der Waals surface area contributed by atoms with Gasteiger partial charge in [-0.1, -0.05) is 85.6 Å². The maximum Gasteiger partial charge on any atom is 0.335 e. The highest BCUT2D eigenvalue weighted by Gasteiger charge is 2.43. The maximum atomic E-state index is 12.3. The van der Waals surface area contributed by atoms with E-state index < -0.39 is 17.6 Å². The maximum absolute atomic E-state index is 12.3. The molecule has 4 heterocycles. The van der Waals surface area contributed by atoms with Crippen LogP contribution in [0, 0.1) is 11.8 Å². The number of methoxy groups -OCH3 is 1. The van der Waals surface area contributed by atoms with Gasteiger partial charge in [0.25, 0.3) is 0 Å². The summed E-state index contributed by atoms with van der Waals surface area (Å²) >= 11 is 0. The minimum absolute atomic E-state index is 0.0223. The molecule has 0 radical (unpaired) electrons. The molecule has 4 bridgehead atoms. The lowest BCUT2D eigenvalue weighted by molar-refractivity contribution is 0.0253. The molecule has 2 fully saturated rings. The molecule has 8 rings (SSSR count). The smallest absolute Gasteiger partial charge is 0.335 e. The molecule has 4 aliphatic rings. The van der Waals surface area contributed by atoms with Crippen molar-refractivity contribution in [2.75, 3.05) is 38.3 Å². The van der Waals surface area contributed by atoms with E-state index in [2.05, 4.69) is 53.2 Å². The van der Waals surface area contributed by atoms with E-state index in [-0.39, 0.29) is 53.6 Å². The second kappa shape index (κ2) is 14.4. The van der Waals surface area contributed by atoms with Crippen LogP contribution in [-0.2, 0) is 12.8 Å². The van der Waals surface area contributed by atoms with Crippen LogP contribution < -0.4 is 29.4 Å². The molecule has 10 nitrogen and oxygen atoms in total. The van der Waals surface area contributed by atoms with Crippen LogP contribution in [0.25, 0.3) is 11.1 Å². The molecule has 3 aromatic carbocycles. The Morgan fingerprint density at radius 2 is 1.87 bits per heavy atom. The second-order valence-electron chi connectivity index (χ2n) is 14.7. The fraction of sp³-hybridized carbons (Fsp3) is 0.419. The van der Waals surface area contributed by atoms with Crippen LogP contribution in [0.5, 0.6) is 28.7 Å². The SMILES string of the molecule is CCc1cc2c([n-]1)N1CCN[C@@H](C#C[C@@H](c3c(O)c(OC)c(OCCC4(O)CCCC4)c4c3OC(c3ccc(O)cc3)CC4=[OH+])Cc3cccc-2c3)C1. The number of aromatic hydroxyl groups is 2. The summed E-state index contributed by atoms with van der Waals surface area (Å²) in [7, 11) is 1.47. The van der Waals surface area contributed by atoms with Crippen molar-refractivity contribution in [2.45, 2.75) is 82.0 Å². The molecular weight excluding hydrogens is 670 g/mol. The average molecular weight is 718 g/mol. The number of ether oxygens (including phenoxy) is 3. The van der Waals surface area contributed by atoms with Crippen LogP contribution in [-0.4, -0.2) is 70.9 Å². The van der Waals surface area contributed by atoms with Crippen molar-refractivity contribution in [1.82, 2.24) is 10.3 Å². The van der Waals surface area contributed by atoms with Crippen molar-refractivity contribution < 1.29 is 34.3 Å². The Morgan fingerprint density at radius 3 is 2.64 bits per heavy atom. The number of aromatic nitrogens is 1. The monoisotopic (exact) mass is 717 g/mol. The normalized spacial score (nSPS) is 21.6. The zero-order valence-electron chi connectivity index (χ0n) is 30.3. The van der Waals surface area contributed by atoms with E-state index in [0.717, 1.165) is 66.1 Å². The first-order chi connectivity index (χ1) is 25.7. The fourth-order valence-electron chi connectivity index (χ4n) is 8.35. The number of hydrogen-bond donors (Lipinski definition) is 4. The van der Waals surface area contributed by atoms with Gasteiger partial charge in [-0.05, 0) is 79.7 Å². The number of ketones is 1. The van der Waals surface area contributed by atoms with Crippen LogP contribution in [0.15, 0.2) is 54.6 Å².